The van der Waals surface area contributed by atoms with Crippen LogP contribution in [0.5, 0.6) is 0 Å². The number of amides is 1. The highest BCUT2D eigenvalue weighted by atomic mass is 32.2. The van der Waals surface area contributed by atoms with Crippen LogP contribution in [0.3, 0.4) is 0 Å². The van der Waals surface area contributed by atoms with Crippen molar-refractivity contribution in [1.29, 1.82) is 0 Å². The average molecular weight is 420 g/mol. The Morgan fingerprint density at radius 2 is 1.66 bits per heavy atom. The van der Waals surface area contributed by atoms with Gasteiger partial charge in [0, 0.05) is 45.7 Å². The van der Waals surface area contributed by atoms with Crippen LogP contribution in [-0.2, 0) is 21.4 Å². The van der Waals surface area contributed by atoms with Crippen molar-refractivity contribution in [1.82, 2.24) is 23.1 Å². The topological polar surface area (TPSA) is 78.8 Å². The lowest BCUT2D eigenvalue weighted by molar-refractivity contribution is -0.135. The van der Waals surface area contributed by atoms with Crippen LogP contribution in [0.1, 0.15) is 38.6 Å². The van der Waals surface area contributed by atoms with E-state index in [1.165, 1.54) is 4.31 Å². The molecule has 1 atom stereocenters. The van der Waals surface area contributed by atoms with Gasteiger partial charge in [-0.3, -0.25) is 4.79 Å². The van der Waals surface area contributed by atoms with Crippen molar-refractivity contribution in [3.8, 4) is 0 Å². The Hall–Kier alpha value is -1.97. The van der Waals surface area contributed by atoms with Crippen LogP contribution in [0.2, 0.25) is 0 Å². The minimum absolute atomic E-state index is 0.0149. The molecule has 0 unspecified atom stereocenters. The molecule has 1 amide bonds. The molecule has 1 aromatic carbocycles. The number of rotatable bonds is 5. The summed E-state index contributed by atoms with van der Waals surface area (Å²) in [6.07, 6.45) is 2.59. The third-order valence-corrected chi connectivity index (χ3v) is 8.03. The van der Waals surface area contributed by atoms with Gasteiger partial charge in [0.1, 0.15) is 11.9 Å². The van der Waals surface area contributed by atoms with Gasteiger partial charge in [-0.25, -0.2) is 4.98 Å². The molecule has 2 aliphatic heterocycles. The standard InChI is InChI=1S/C20H29N5O3S/c1-3-19-21-17-8-4-5-9-18(17)25(19)16(2)20(26)22-12-14-24(15-13-22)29(27,28)23-10-6-7-11-23/h4-5,8-9,16H,3,6-7,10-15H2,1-2H3/t16-/m0/s1. The van der Waals surface area contributed by atoms with Gasteiger partial charge in [0.05, 0.1) is 11.0 Å². The van der Waals surface area contributed by atoms with Gasteiger partial charge in [-0.1, -0.05) is 19.1 Å². The Labute approximate surface area is 172 Å². The van der Waals surface area contributed by atoms with E-state index in [2.05, 4.69) is 4.98 Å². The summed E-state index contributed by atoms with van der Waals surface area (Å²) in [6.45, 7) is 6.69. The largest absolute Gasteiger partial charge is 0.338 e. The molecule has 2 aliphatic rings. The van der Waals surface area contributed by atoms with Crippen molar-refractivity contribution in [3.63, 3.8) is 0 Å². The fourth-order valence-electron chi connectivity index (χ4n) is 4.37. The number of carbonyl (C=O) groups is 1. The number of aryl methyl sites for hydroxylation is 1. The predicted molar refractivity (Wildman–Crippen MR) is 112 cm³/mol. The number of carbonyl (C=O) groups excluding carboxylic acids is 1. The summed E-state index contributed by atoms with van der Waals surface area (Å²) < 4.78 is 30.6. The lowest BCUT2D eigenvalue weighted by atomic mass is 10.2. The first-order chi connectivity index (χ1) is 13.9. The number of fused-ring (bicyclic) bond motifs is 1. The molecular weight excluding hydrogens is 390 g/mol. The normalized spacial score (nSPS) is 20.4. The minimum Gasteiger partial charge on any atom is -0.338 e. The predicted octanol–water partition coefficient (Wildman–Crippen LogP) is 1.64. The van der Waals surface area contributed by atoms with Crippen molar-refractivity contribution >= 4 is 27.1 Å². The molecule has 0 aliphatic carbocycles. The molecule has 4 rings (SSSR count). The first-order valence-electron chi connectivity index (χ1n) is 10.4. The highest BCUT2D eigenvalue weighted by Gasteiger charge is 2.35. The van der Waals surface area contributed by atoms with E-state index < -0.39 is 10.2 Å². The van der Waals surface area contributed by atoms with Gasteiger partial charge < -0.3 is 9.47 Å². The second-order valence-electron chi connectivity index (χ2n) is 7.75. The zero-order chi connectivity index (χ0) is 20.6. The Balaban J connectivity index is 1.47. The lowest BCUT2D eigenvalue weighted by Crippen LogP contribution is -2.54. The number of nitrogens with zero attached hydrogens (tertiary/aromatic N) is 5. The Bertz CT molecular complexity index is 989. The number of piperazine rings is 1. The molecule has 0 saturated carbocycles. The summed E-state index contributed by atoms with van der Waals surface area (Å²) in [5, 5.41) is 0. The molecule has 2 saturated heterocycles. The highest BCUT2D eigenvalue weighted by molar-refractivity contribution is 7.86. The van der Waals surface area contributed by atoms with Gasteiger partial charge in [0.25, 0.3) is 10.2 Å². The van der Waals surface area contributed by atoms with Crippen LogP contribution in [0, 0.1) is 0 Å². The third-order valence-electron chi connectivity index (χ3n) is 6.00. The maximum absolute atomic E-state index is 13.2. The maximum Gasteiger partial charge on any atom is 0.282 e. The highest BCUT2D eigenvalue weighted by Crippen LogP contribution is 2.24. The monoisotopic (exact) mass is 419 g/mol. The molecule has 0 bridgehead atoms. The van der Waals surface area contributed by atoms with Crippen molar-refractivity contribution in [2.75, 3.05) is 39.3 Å². The number of benzene rings is 1. The summed E-state index contributed by atoms with van der Waals surface area (Å²) in [6, 6.07) is 7.49. The Kier molecular flexibility index (Phi) is 5.63. The summed E-state index contributed by atoms with van der Waals surface area (Å²) in [7, 11) is -3.40. The molecule has 29 heavy (non-hydrogen) atoms. The number of aromatic nitrogens is 2. The summed E-state index contributed by atoms with van der Waals surface area (Å²) in [5.74, 6) is 0.906. The zero-order valence-electron chi connectivity index (χ0n) is 17.1. The lowest BCUT2D eigenvalue weighted by Gasteiger charge is -2.37. The summed E-state index contributed by atoms with van der Waals surface area (Å²) in [5.41, 5.74) is 1.85. The van der Waals surface area contributed by atoms with Crippen molar-refractivity contribution in [2.24, 2.45) is 0 Å². The molecule has 0 N–H and O–H groups in total. The second-order valence-corrected chi connectivity index (χ2v) is 9.68. The summed E-state index contributed by atoms with van der Waals surface area (Å²) in [4.78, 5) is 19.7. The van der Waals surface area contributed by atoms with Crippen molar-refractivity contribution in [3.05, 3.63) is 30.1 Å². The van der Waals surface area contributed by atoms with Crippen LogP contribution in [0.15, 0.2) is 24.3 Å². The average Bonchev–Trinajstić information content (AvgIpc) is 3.41. The van der Waals surface area contributed by atoms with Gasteiger partial charge in [0.15, 0.2) is 0 Å². The van der Waals surface area contributed by atoms with Gasteiger partial charge in [-0.15, -0.1) is 0 Å². The van der Waals surface area contributed by atoms with E-state index in [1.807, 2.05) is 42.7 Å². The minimum atomic E-state index is -3.40. The van der Waals surface area contributed by atoms with Gasteiger partial charge >= 0.3 is 0 Å². The molecule has 8 nitrogen and oxygen atoms in total. The molecule has 2 fully saturated rings. The Morgan fingerprint density at radius 3 is 2.31 bits per heavy atom. The number of hydrogen-bond donors (Lipinski definition) is 0. The Morgan fingerprint density at radius 1 is 1.03 bits per heavy atom. The number of para-hydroxylation sites is 2. The SMILES string of the molecule is CCc1nc2ccccc2n1[C@@H](C)C(=O)N1CCN(S(=O)(=O)N2CCCC2)CC1. The number of imidazole rings is 1. The van der Waals surface area contributed by atoms with Crippen LogP contribution in [0.4, 0.5) is 0 Å². The molecule has 0 spiro atoms. The molecular formula is C20H29N5O3S. The summed E-state index contributed by atoms with van der Waals surface area (Å²) >= 11 is 0. The van der Waals surface area contributed by atoms with E-state index in [1.54, 1.807) is 9.21 Å². The first kappa shape index (κ1) is 20.3. The molecule has 0 radical (unpaired) electrons. The fraction of sp³-hybridized carbons (Fsp3) is 0.600. The molecule has 2 aromatic rings. The van der Waals surface area contributed by atoms with E-state index in [4.69, 9.17) is 0 Å². The van der Waals surface area contributed by atoms with E-state index in [-0.39, 0.29) is 11.9 Å². The van der Waals surface area contributed by atoms with Crippen LogP contribution < -0.4 is 0 Å². The first-order valence-corrected chi connectivity index (χ1v) is 11.8. The van der Waals surface area contributed by atoms with E-state index in [0.29, 0.717) is 39.3 Å². The molecule has 9 heteroatoms. The molecule has 1 aromatic heterocycles. The molecule has 158 valence electrons. The fourth-order valence-corrected chi connectivity index (χ4v) is 6.04. The van der Waals surface area contributed by atoms with Crippen LogP contribution in [-0.4, -0.2) is 76.7 Å². The second kappa shape index (κ2) is 8.04. The van der Waals surface area contributed by atoms with Crippen molar-refractivity contribution in [2.45, 2.75) is 39.2 Å². The van der Waals surface area contributed by atoms with E-state index >= 15 is 0 Å². The zero-order valence-corrected chi connectivity index (χ0v) is 17.9. The van der Waals surface area contributed by atoms with E-state index in [0.717, 1.165) is 36.1 Å². The third kappa shape index (κ3) is 3.67. The van der Waals surface area contributed by atoms with Gasteiger partial charge in [-0.05, 0) is 31.9 Å². The van der Waals surface area contributed by atoms with Crippen LogP contribution in [0.25, 0.3) is 11.0 Å². The smallest absolute Gasteiger partial charge is 0.282 e. The quantitative estimate of drug-likeness (QED) is 0.738. The maximum atomic E-state index is 13.2. The van der Waals surface area contributed by atoms with Gasteiger partial charge in [0.2, 0.25) is 5.91 Å². The van der Waals surface area contributed by atoms with E-state index in [9.17, 15) is 13.2 Å². The number of hydrogen-bond acceptors (Lipinski definition) is 4. The molecule has 3 heterocycles. The van der Waals surface area contributed by atoms with Crippen molar-refractivity contribution < 1.29 is 13.2 Å². The van der Waals surface area contributed by atoms with Crippen LogP contribution >= 0.6 is 0 Å². The van der Waals surface area contributed by atoms with Gasteiger partial charge in [-0.2, -0.15) is 17.0 Å².